The lowest BCUT2D eigenvalue weighted by molar-refractivity contribution is 0.108. The maximum Gasteiger partial charge on any atom is 0.0753 e. The van der Waals surface area contributed by atoms with Crippen LogP contribution in [0.1, 0.15) is 19.4 Å². The number of hydrogen-bond acceptors (Lipinski definition) is 2. The summed E-state index contributed by atoms with van der Waals surface area (Å²) in [5.41, 5.74) is 6.30. The molecule has 0 aromatic heterocycles. The van der Waals surface area contributed by atoms with Crippen LogP contribution in [-0.2, 0) is 5.41 Å². The summed E-state index contributed by atoms with van der Waals surface area (Å²) in [7, 11) is 0. The molecule has 0 heterocycles. The molecule has 2 nitrogen and oxygen atoms in total. The molecule has 1 aromatic carbocycles. The van der Waals surface area contributed by atoms with Crippen LogP contribution in [0.3, 0.4) is 0 Å². The van der Waals surface area contributed by atoms with Gasteiger partial charge in [0.2, 0.25) is 0 Å². The van der Waals surface area contributed by atoms with Crippen molar-refractivity contribution < 1.29 is 5.11 Å². The lowest BCUT2D eigenvalue weighted by Crippen LogP contribution is -2.39. The molecule has 72 valence electrons. The van der Waals surface area contributed by atoms with Crippen molar-refractivity contribution in [2.24, 2.45) is 5.73 Å². The number of benzene rings is 1. The highest BCUT2D eigenvalue weighted by atomic mass is 16.3. The van der Waals surface area contributed by atoms with Crippen LogP contribution in [0.15, 0.2) is 30.3 Å². The Hall–Kier alpha value is -0.860. The average molecular weight is 179 g/mol. The fourth-order valence-corrected chi connectivity index (χ4v) is 1.35. The standard InChI is InChI=1S/C11H17NO/c1-11(2,10(13)8-12)9-6-4-3-5-7-9/h3-7,10,13H,8,12H2,1-2H3. The highest BCUT2D eigenvalue weighted by Crippen LogP contribution is 2.26. The van der Waals surface area contributed by atoms with E-state index in [1.807, 2.05) is 44.2 Å². The molecule has 1 unspecified atom stereocenters. The zero-order valence-electron chi connectivity index (χ0n) is 8.20. The van der Waals surface area contributed by atoms with Crippen LogP contribution in [0.2, 0.25) is 0 Å². The first-order valence-electron chi connectivity index (χ1n) is 4.52. The molecule has 13 heavy (non-hydrogen) atoms. The van der Waals surface area contributed by atoms with Gasteiger partial charge in [-0.05, 0) is 5.56 Å². The van der Waals surface area contributed by atoms with E-state index in [1.54, 1.807) is 0 Å². The van der Waals surface area contributed by atoms with Crippen LogP contribution in [-0.4, -0.2) is 17.8 Å². The summed E-state index contributed by atoms with van der Waals surface area (Å²) in [4.78, 5) is 0. The normalized spacial score (nSPS) is 14.2. The van der Waals surface area contributed by atoms with Gasteiger partial charge in [0.1, 0.15) is 0 Å². The highest BCUT2D eigenvalue weighted by Gasteiger charge is 2.28. The van der Waals surface area contributed by atoms with Crippen LogP contribution >= 0.6 is 0 Å². The van der Waals surface area contributed by atoms with Gasteiger partial charge in [-0.3, -0.25) is 0 Å². The minimum absolute atomic E-state index is 0.268. The van der Waals surface area contributed by atoms with E-state index in [4.69, 9.17) is 5.73 Å². The van der Waals surface area contributed by atoms with E-state index in [0.717, 1.165) is 5.56 Å². The van der Waals surface area contributed by atoms with Gasteiger partial charge in [0, 0.05) is 12.0 Å². The summed E-state index contributed by atoms with van der Waals surface area (Å²) in [5.74, 6) is 0. The molecular formula is C11H17NO. The van der Waals surface area contributed by atoms with E-state index < -0.39 is 6.10 Å². The van der Waals surface area contributed by atoms with Gasteiger partial charge in [-0.15, -0.1) is 0 Å². The van der Waals surface area contributed by atoms with Crippen molar-refractivity contribution in [2.75, 3.05) is 6.54 Å². The zero-order chi connectivity index (χ0) is 9.90. The van der Waals surface area contributed by atoms with Crippen LogP contribution in [0.5, 0.6) is 0 Å². The van der Waals surface area contributed by atoms with Crippen molar-refractivity contribution in [3.63, 3.8) is 0 Å². The van der Waals surface area contributed by atoms with E-state index in [-0.39, 0.29) is 5.41 Å². The zero-order valence-corrected chi connectivity index (χ0v) is 8.20. The second-order valence-corrected chi connectivity index (χ2v) is 3.84. The third-order valence-corrected chi connectivity index (χ3v) is 2.57. The Labute approximate surface area is 79.4 Å². The molecule has 0 saturated carbocycles. The van der Waals surface area contributed by atoms with Crippen molar-refractivity contribution in [1.29, 1.82) is 0 Å². The molecule has 0 spiro atoms. The lowest BCUT2D eigenvalue weighted by atomic mass is 9.79. The number of nitrogens with two attached hydrogens (primary N) is 1. The average Bonchev–Trinajstić information content (AvgIpc) is 2.18. The van der Waals surface area contributed by atoms with Gasteiger partial charge in [0.25, 0.3) is 0 Å². The first-order valence-corrected chi connectivity index (χ1v) is 4.52. The predicted octanol–water partition coefficient (Wildman–Crippen LogP) is 1.28. The van der Waals surface area contributed by atoms with E-state index in [0.29, 0.717) is 6.54 Å². The quantitative estimate of drug-likeness (QED) is 0.734. The Morgan fingerprint density at radius 2 is 1.85 bits per heavy atom. The van der Waals surface area contributed by atoms with Crippen LogP contribution in [0.4, 0.5) is 0 Å². The molecule has 0 aliphatic rings. The number of aliphatic hydroxyl groups excluding tert-OH is 1. The van der Waals surface area contributed by atoms with E-state index in [2.05, 4.69) is 0 Å². The summed E-state index contributed by atoms with van der Waals surface area (Å²) >= 11 is 0. The van der Waals surface area contributed by atoms with Crippen molar-refractivity contribution in [3.05, 3.63) is 35.9 Å². The molecule has 0 fully saturated rings. The van der Waals surface area contributed by atoms with Crippen molar-refractivity contribution in [3.8, 4) is 0 Å². The molecule has 0 radical (unpaired) electrons. The first kappa shape index (κ1) is 10.2. The maximum atomic E-state index is 9.71. The number of hydrogen-bond donors (Lipinski definition) is 2. The van der Waals surface area contributed by atoms with Gasteiger partial charge >= 0.3 is 0 Å². The molecule has 0 aliphatic carbocycles. The molecule has 0 saturated heterocycles. The molecular weight excluding hydrogens is 162 g/mol. The van der Waals surface area contributed by atoms with Crippen LogP contribution in [0.25, 0.3) is 0 Å². The minimum atomic E-state index is -0.491. The summed E-state index contributed by atoms with van der Waals surface area (Å²) in [5, 5.41) is 9.71. The second kappa shape index (κ2) is 3.90. The molecule has 0 amide bonds. The molecule has 3 N–H and O–H groups in total. The molecule has 1 rings (SSSR count). The molecule has 1 aromatic rings. The van der Waals surface area contributed by atoms with Gasteiger partial charge < -0.3 is 10.8 Å². The Kier molecular flexibility index (Phi) is 3.07. The maximum absolute atomic E-state index is 9.71. The van der Waals surface area contributed by atoms with Crippen molar-refractivity contribution in [1.82, 2.24) is 0 Å². The Balaban J connectivity index is 2.93. The predicted molar refractivity (Wildman–Crippen MR) is 54.5 cm³/mol. The third kappa shape index (κ3) is 2.08. The van der Waals surface area contributed by atoms with Crippen molar-refractivity contribution in [2.45, 2.75) is 25.4 Å². The van der Waals surface area contributed by atoms with Gasteiger partial charge in [0.15, 0.2) is 0 Å². The molecule has 2 heteroatoms. The fourth-order valence-electron chi connectivity index (χ4n) is 1.35. The fraction of sp³-hybridized carbons (Fsp3) is 0.455. The molecule has 0 aliphatic heterocycles. The summed E-state index contributed by atoms with van der Waals surface area (Å²) in [6.07, 6.45) is -0.491. The largest absolute Gasteiger partial charge is 0.391 e. The van der Waals surface area contributed by atoms with E-state index in [1.165, 1.54) is 0 Å². The third-order valence-electron chi connectivity index (χ3n) is 2.57. The SMILES string of the molecule is CC(C)(c1ccccc1)C(O)CN. The van der Waals surface area contributed by atoms with Gasteiger partial charge in [0.05, 0.1) is 6.10 Å². The van der Waals surface area contributed by atoms with E-state index >= 15 is 0 Å². The summed E-state index contributed by atoms with van der Waals surface area (Å²) < 4.78 is 0. The Bertz CT molecular complexity index is 256. The topological polar surface area (TPSA) is 46.2 Å². The Morgan fingerprint density at radius 1 is 1.31 bits per heavy atom. The lowest BCUT2D eigenvalue weighted by Gasteiger charge is -2.30. The number of rotatable bonds is 3. The minimum Gasteiger partial charge on any atom is -0.391 e. The van der Waals surface area contributed by atoms with Crippen LogP contribution < -0.4 is 5.73 Å². The molecule has 1 atom stereocenters. The number of aliphatic hydroxyl groups is 1. The molecule has 0 bridgehead atoms. The van der Waals surface area contributed by atoms with E-state index in [9.17, 15) is 5.11 Å². The first-order chi connectivity index (χ1) is 6.09. The summed E-state index contributed by atoms with van der Waals surface area (Å²) in [6, 6.07) is 9.94. The van der Waals surface area contributed by atoms with Gasteiger partial charge in [-0.25, -0.2) is 0 Å². The van der Waals surface area contributed by atoms with Gasteiger partial charge in [-0.1, -0.05) is 44.2 Å². The second-order valence-electron chi connectivity index (χ2n) is 3.84. The van der Waals surface area contributed by atoms with Crippen LogP contribution in [0, 0.1) is 0 Å². The monoisotopic (exact) mass is 179 g/mol. The van der Waals surface area contributed by atoms with Gasteiger partial charge in [-0.2, -0.15) is 0 Å². The smallest absolute Gasteiger partial charge is 0.0753 e. The summed E-state index contributed by atoms with van der Waals surface area (Å²) in [6.45, 7) is 4.29. The van der Waals surface area contributed by atoms with Crippen molar-refractivity contribution >= 4 is 0 Å². The highest BCUT2D eigenvalue weighted by molar-refractivity contribution is 5.25. The Morgan fingerprint density at radius 3 is 2.31 bits per heavy atom.